The largest absolute Gasteiger partial charge is 0.493 e. The fraction of sp³-hybridized carbons (Fsp3) is 0.235. The van der Waals surface area contributed by atoms with Crippen LogP contribution in [-0.2, 0) is 0 Å². The Balaban J connectivity index is 2.57. The fourth-order valence-electron chi connectivity index (χ4n) is 2.31. The summed E-state index contributed by atoms with van der Waals surface area (Å²) in [5.41, 5.74) is 9.46. The summed E-state index contributed by atoms with van der Waals surface area (Å²) in [5.74, 6) is 0.546. The summed E-state index contributed by atoms with van der Waals surface area (Å²) in [4.78, 5) is 12.7. The molecule has 0 aliphatic rings. The number of hydrogen-bond donors (Lipinski definition) is 1. The van der Waals surface area contributed by atoms with Gasteiger partial charge >= 0.3 is 0 Å². The lowest BCUT2D eigenvalue weighted by molar-refractivity contribution is 0.103. The molecule has 0 heterocycles. The summed E-state index contributed by atoms with van der Waals surface area (Å²) in [5, 5.41) is 0. The maximum Gasteiger partial charge on any atom is 0.198 e. The van der Waals surface area contributed by atoms with E-state index in [0.29, 0.717) is 29.2 Å². The van der Waals surface area contributed by atoms with Crippen LogP contribution in [-0.4, -0.2) is 12.4 Å². The molecule has 2 aromatic carbocycles. The SMILES string of the molecule is CCOc1c(C)cc(C)cc1C(=O)c1ccccc1N. The van der Waals surface area contributed by atoms with Crippen LogP contribution in [0.3, 0.4) is 0 Å². The molecule has 3 heteroatoms. The van der Waals surface area contributed by atoms with Crippen molar-refractivity contribution in [1.82, 2.24) is 0 Å². The second kappa shape index (κ2) is 5.78. The Kier molecular flexibility index (Phi) is 4.08. The van der Waals surface area contributed by atoms with Crippen molar-refractivity contribution >= 4 is 11.5 Å². The number of anilines is 1. The first-order chi connectivity index (χ1) is 9.54. The number of nitrogen functional groups attached to an aromatic ring is 1. The Morgan fingerprint density at radius 2 is 1.85 bits per heavy atom. The second-order valence-corrected chi connectivity index (χ2v) is 4.81. The van der Waals surface area contributed by atoms with Gasteiger partial charge in [-0.05, 0) is 50.1 Å². The molecule has 0 aromatic heterocycles. The molecule has 0 saturated heterocycles. The topological polar surface area (TPSA) is 52.3 Å². The quantitative estimate of drug-likeness (QED) is 0.682. The van der Waals surface area contributed by atoms with Gasteiger partial charge in [0.05, 0.1) is 12.2 Å². The van der Waals surface area contributed by atoms with Crippen molar-refractivity contribution < 1.29 is 9.53 Å². The first kappa shape index (κ1) is 14.1. The molecule has 104 valence electrons. The van der Waals surface area contributed by atoms with Gasteiger partial charge in [-0.3, -0.25) is 4.79 Å². The van der Waals surface area contributed by atoms with Gasteiger partial charge in [0.15, 0.2) is 5.78 Å². The average molecular weight is 269 g/mol. The molecule has 0 aliphatic carbocycles. The van der Waals surface area contributed by atoms with Crippen LogP contribution >= 0.6 is 0 Å². The molecule has 0 bridgehead atoms. The van der Waals surface area contributed by atoms with Gasteiger partial charge in [-0.15, -0.1) is 0 Å². The highest BCUT2D eigenvalue weighted by Gasteiger charge is 2.18. The minimum absolute atomic E-state index is 0.0987. The number of hydrogen-bond acceptors (Lipinski definition) is 3. The number of ether oxygens (including phenoxy) is 1. The van der Waals surface area contributed by atoms with Crippen LogP contribution in [0.15, 0.2) is 36.4 Å². The molecule has 0 aliphatic heterocycles. The maximum absolute atomic E-state index is 12.7. The summed E-state index contributed by atoms with van der Waals surface area (Å²) in [6, 6.07) is 11.0. The highest BCUT2D eigenvalue weighted by molar-refractivity contribution is 6.13. The van der Waals surface area contributed by atoms with Crippen LogP contribution in [0.1, 0.15) is 34.0 Å². The van der Waals surface area contributed by atoms with Crippen LogP contribution in [0.4, 0.5) is 5.69 Å². The molecule has 0 fully saturated rings. The van der Waals surface area contributed by atoms with Gasteiger partial charge in [0.25, 0.3) is 0 Å². The van der Waals surface area contributed by atoms with Gasteiger partial charge in [0.2, 0.25) is 0 Å². The Labute approximate surface area is 119 Å². The van der Waals surface area contributed by atoms with Gasteiger partial charge in [0.1, 0.15) is 5.75 Å². The molecule has 2 rings (SSSR count). The van der Waals surface area contributed by atoms with Crippen LogP contribution < -0.4 is 10.5 Å². The van der Waals surface area contributed by atoms with Crippen molar-refractivity contribution in [2.45, 2.75) is 20.8 Å². The van der Waals surface area contributed by atoms with Gasteiger partial charge in [-0.25, -0.2) is 0 Å². The Hall–Kier alpha value is -2.29. The van der Waals surface area contributed by atoms with Crippen LogP contribution in [0.25, 0.3) is 0 Å². The first-order valence-corrected chi connectivity index (χ1v) is 6.67. The van der Waals surface area contributed by atoms with Gasteiger partial charge in [0, 0.05) is 11.3 Å². The number of aryl methyl sites for hydroxylation is 2. The number of benzene rings is 2. The second-order valence-electron chi connectivity index (χ2n) is 4.81. The van der Waals surface area contributed by atoms with E-state index in [1.165, 1.54) is 0 Å². The number of carbonyl (C=O) groups excluding carboxylic acids is 1. The van der Waals surface area contributed by atoms with Crippen molar-refractivity contribution in [1.29, 1.82) is 0 Å². The maximum atomic E-state index is 12.7. The zero-order valence-electron chi connectivity index (χ0n) is 12.1. The molecule has 2 aromatic rings. The van der Waals surface area contributed by atoms with E-state index in [2.05, 4.69) is 0 Å². The van der Waals surface area contributed by atoms with E-state index in [-0.39, 0.29) is 5.78 Å². The minimum atomic E-state index is -0.0987. The molecule has 0 saturated carbocycles. The lowest BCUT2D eigenvalue weighted by Crippen LogP contribution is -2.09. The smallest absolute Gasteiger partial charge is 0.198 e. The van der Waals surface area contributed by atoms with Crippen LogP contribution in [0.5, 0.6) is 5.75 Å². The van der Waals surface area contributed by atoms with E-state index in [1.54, 1.807) is 12.1 Å². The molecule has 20 heavy (non-hydrogen) atoms. The van der Waals surface area contributed by atoms with Gasteiger partial charge in [-0.1, -0.05) is 18.2 Å². The summed E-state index contributed by atoms with van der Waals surface area (Å²) >= 11 is 0. The van der Waals surface area contributed by atoms with E-state index in [1.807, 2.05) is 45.0 Å². The Bertz CT molecular complexity index is 647. The van der Waals surface area contributed by atoms with Crippen LogP contribution in [0, 0.1) is 13.8 Å². The van der Waals surface area contributed by atoms with Crippen molar-refractivity contribution in [3.63, 3.8) is 0 Å². The Morgan fingerprint density at radius 1 is 1.15 bits per heavy atom. The number of rotatable bonds is 4. The van der Waals surface area contributed by atoms with Gasteiger partial charge < -0.3 is 10.5 Å². The van der Waals surface area contributed by atoms with E-state index >= 15 is 0 Å². The molecule has 0 amide bonds. The van der Waals surface area contributed by atoms with Gasteiger partial charge in [-0.2, -0.15) is 0 Å². The predicted octanol–water partition coefficient (Wildman–Crippen LogP) is 3.52. The van der Waals surface area contributed by atoms with Crippen molar-refractivity contribution in [2.75, 3.05) is 12.3 Å². The average Bonchev–Trinajstić information content (AvgIpc) is 2.41. The normalized spacial score (nSPS) is 10.3. The highest BCUT2D eigenvalue weighted by atomic mass is 16.5. The molecular formula is C17H19NO2. The number of nitrogens with two attached hydrogens (primary N) is 1. The third-order valence-electron chi connectivity index (χ3n) is 3.16. The van der Waals surface area contributed by atoms with Crippen molar-refractivity contribution in [3.8, 4) is 5.75 Å². The monoisotopic (exact) mass is 269 g/mol. The fourth-order valence-corrected chi connectivity index (χ4v) is 2.31. The molecule has 0 radical (unpaired) electrons. The summed E-state index contributed by atoms with van der Waals surface area (Å²) in [6.07, 6.45) is 0. The molecule has 3 nitrogen and oxygen atoms in total. The predicted molar refractivity (Wildman–Crippen MR) is 81.4 cm³/mol. The number of carbonyl (C=O) groups is 1. The molecule has 2 N–H and O–H groups in total. The van der Waals surface area contributed by atoms with E-state index in [0.717, 1.165) is 11.1 Å². The standard InChI is InChI=1S/C17H19NO2/c1-4-20-17-12(3)9-11(2)10-14(17)16(19)13-7-5-6-8-15(13)18/h5-10H,4,18H2,1-3H3. The van der Waals surface area contributed by atoms with Crippen molar-refractivity contribution in [2.24, 2.45) is 0 Å². The lowest BCUT2D eigenvalue weighted by Gasteiger charge is -2.14. The van der Waals surface area contributed by atoms with Crippen molar-refractivity contribution in [3.05, 3.63) is 58.7 Å². The zero-order valence-corrected chi connectivity index (χ0v) is 12.1. The van der Waals surface area contributed by atoms with E-state index in [9.17, 15) is 4.79 Å². The molecular weight excluding hydrogens is 250 g/mol. The third kappa shape index (κ3) is 2.67. The minimum Gasteiger partial charge on any atom is -0.493 e. The highest BCUT2D eigenvalue weighted by Crippen LogP contribution is 2.29. The van der Waals surface area contributed by atoms with E-state index in [4.69, 9.17) is 10.5 Å². The number of para-hydroxylation sites is 1. The zero-order chi connectivity index (χ0) is 14.7. The third-order valence-corrected chi connectivity index (χ3v) is 3.16. The number of ketones is 1. The summed E-state index contributed by atoms with van der Waals surface area (Å²) in [6.45, 7) is 6.34. The summed E-state index contributed by atoms with van der Waals surface area (Å²) < 4.78 is 5.64. The molecule has 0 spiro atoms. The lowest BCUT2D eigenvalue weighted by atomic mass is 9.97. The summed E-state index contributed by atoms with van der Waals surface area (Å²) in [7, 11) is 0. The van der Waals surface area contributed by atoms with E-state index < -0.39 is 0 Å². The first-order valence-electron chi connectivity index (χ1n) is 6.67. The molecule has 0 atom stereocenters. The Morgan fingerprint density at radius 3 is 2.50 bits per heavy atom. The van der Waals surface area contributed by atoms with Crippen LogP contribution in [0.2, 0.25) is 0 Å². The molecule has 0 unspecified atom stereocenters.